The summed E-state index contributed by atoms with van der Waals surface area (Å²) < 4.78 is 0. The first-order chi connectivity index (χ1) is 14.2. The Morgan fingerprint density at radius 2 is 2.10 bits per heavy atom. The zero-order valence-corrected chi connectivity index (χ0v) is 18.2. The van der Waals surface area contributed by atoms with E-state index in [2.05, 4.69) is 28.2 Å². The van der Waals surface area contributed by atoms with E-state index in [1.165, 1.54) is 4.88 Å². The summed E-state index contributed by atoms with van der Waals surface area (Å²) in [6.07, 6.45) is 1.87. The van der Waals surface area contributed by atoms with E-state index in [0.717, 1.165) is 63.5 Å². The van der Waals surface area contributed by atoms with E-state index in [4.69, 9.17) is 4.98 Å². The second-order valence-electron chi connectivity index (χ2n) is 6.89. The van der Waals surface area contributed by atoms with Gasteiger partial charge in [-0.2, -0.15) is 0 Å². The Bertz CT molecular complexity index is 1080. The second-order valence-corrected chi connectivity index (χ2v) is 9.62. The number of carbonyl (C=O) groups is 1. The van der Waals surface area contributed by atoms with Crippen LogP contribution in [0.5, 0.6) is 0 Å². The summed E-state index contributed by atoms with van der Waals surface area (Å²) in [6, 6.07) is 9.90. The minimum absolute atomic E-state index is 0.124. The number of anilines is 2. The third-order valence-corrected chi connectivity index (χ3v) is 7.57. The van der Waals surface area contributed by atoms with Crippen LogP contribution in [0.1, 0.15) is 14.5 Å². The molecule has 148 valence electrons. The van der Waals surface area contributed by atoms with E-state index >= 15 is 0 Å². The molecule has 5 rings (SSSR count). The molecule has 0 spiro atoms. The van der Waals surface area contributed by atoms with Crippen LogP contribution in [0.25, 0.3) is 11.3 Å². The normalized spacial score (nSPS) is 15.6. The molecule has 2 aliphatic heterocycles. The minimum Gasteiger partial charge on any atom is -0.335 e. The average molecular weight is 443 g/mol. The van der Waals surface area contributed by atoms with Crippen LogP contribution < -0.4 is 10.6 Å². The number of nitrogens with one attached hydrogen (secondary N) is 2. The molecule has 1 aromatic carbocycles. The third-order valence-electron chi connectivity index (χ3n) is 4.91. The summed E-state index contributed by atoms with van der Waals surface area (Å²) in [6.45, 7) is 3.23. The van der Waals surface area contributed by atoms with Crippen molar-refractivity contribution in [1.82, 2.24) is 20.2 Å². The Kier molecular flexibility index (Phi) is 5.21. The molecular weight excluding hydrogens is 422 g/mol. The molecule has 3 aromatic rings. The van der Waals surface area contributed by atoms with E-state index in [0.29, 0.717) is 5.95 Å². The first-order valence-electron chi connectivity index (χ1n) is 9.39. The molecule has 1 saturated heterocycles. The average Bonchev–Trinajstić information content (AvgIpc) is 3.19. The maximum Gasteiger partial charge on any atom is 0.264 e. The molecule has 9 heteroatoms. The van der Waals surface area contributed by atoms with Gasteiger partial charge in [-0.3, -0.25) is 4.79 Å². The lowest BCUT2D eigenvalue weighted by atomic mass is 10.1. The van der Waals surface area contributed by atoms with Gasteiger partial charge >= 0.3 is 0 Å². The summed E-state index contributed by atoms with van der Waals surface area (Å²) in [5.74, 6) is 1.53. The van der Waals surface area contributed by atoms with Gasteiger partial charge < -0.3 is 15.5 Å². The molecule has 0 aliphatic carbocycles. The molecule has 0 unspecified atom stereocenters. The zero-order valence-electron chi connectivity index (χ0n) is 15.6. The highest BCUT2D eigenvalue weighted by atomic mass is 32.2. The van der Waals surface area contributed by atoms with E-state index in [-0.39, 0.29) is 5.91 Å². The highest BCUT2D eigenvalue weighted by Crippen LogP contribution is 2.44. The number of hydrogen-bond donors (Lipinski definition) is 2. The molecule has 2 N–H and O–H groups in total. The molecule has 6 nitrogen and oxygen atoms in total. The van der Waals surface area contributed by atoms with Gasteiger partial charge in [-0.25, -0.2) is 9.97 Å². The van der Waals surface area contributed by atoms with Crippen LogP contribution in [0, 0.1) is 0 Å². The van der Waals surface area contributed by atoms with Crippen molar-refractivity contribution in [1.29, 1.82) is 0 Å². The molecule has 0 atom stereocenters. The van der Waals surface area contributed by atoms with Gasteiger partial charge in [0.1, 0.15) is 0 Å². The number of amides is 1. The Morgan fingerprint density at radius 1 is 1.24 bits per heavy atom. The van der Waals surface area contributed by atoms with Gasteiger partial charge in [0, 0.05) is 60.3 Å². The van der Waals surface area contributed by atoms with E-state index in [1.54, 1.807) is 23.1 Å². The number of aromatic nitrogens is 2. The SMILES string of the molecule is O=C(c1cc2c(s1)CSc1cnc(Nc3cccc([SH2+])c3)nc1-2)N1CCNCC1. The Labute approximate surface area is 182 Å². The van der Waals surface area contributed by atoms with Gasteiger partial charge in [0.25, 0.3) is 5.91 Å². The fraction of sp³-hybridized carbons (Fsp3) is 0.250. The van der Waals surface area contributed by atoms with Crippen molar-refractivity contribution in [3.63, 3.8) is 0 Å². The fourth-order valence-corrected chi connectivity index (χ4v) is 5.91. The van der Waals surface area contributed by atoms with E-state index < -0.39 is 0 Å². The third kappa shape index (κ3) is 3.87. The molecule has 0 bridgehead atoms. The molecule has 2 aliphatic rings. The quantitative estimate of drug-likeness (QED) is 0.608. The monoisotopic (exact) mass is 442 g/mol. The van der Waals surface area contributed by atoms with Crippen molar-refractivity contribution in [2.24, 2.45) is 0 Å². The molecule has 1 fully saturated rings. The summed E-state index contributed by atoms with van der Waals surface area (Å²) >= 11 is 6.85. The summed E-state index contributed by atoms with van der Waals surface area (Å²) in [5.41, 5.74) is 2.88. The maximum absolute atomic E-state index is 12.9. The summed E-state index contributed by atoms with van der Waals surface area (Å²) in [5, 5.41) is 6.56. The molecule has 0 radical (unpaired) electrons. The fourth-order valence-electron chi connectivity index (χ4n) is 3.46. The predicted octanol–water partition coefficient (Wildman–Crippen LogP) is 2.97. The maximum atomic E-state index is 12.9. The lowest BCUT2D eigenvalue weighted by molar-refractivity contribution is 0.0740. The van der Waals surface area contributed by atoms with Gasteiger partial charge in [-0.15, -0.1) is 23.1 Å². The summed E-state index contributed by atoms with van der Waals surface area (Å²) in [7, 11) is 0. The highest BCUT2D eigenvalue weighted by Gasteiger charge is 2.26. The van der Waals surface area contributed by atoms with Crippen LogP contribution in [0.2, 0.25) is 0 Å². The topological polar surface area (TPSA) is 70.2 Å². The number of piperazine rings is 1. The number of benzene rings is 1. The van der Waals surface area contributed by atoms with Crippen LogP contribution in [-0.4, -0.2) is 47.0 Å². The van der Waals surface area contributed by atoms with Crippen LogP contribution in [0.3, 0.4) is 0 Å². The van der Waals surface area contributed by atoms with Gasteiger partial charge in [-0.05, 0) is 30.8 Å². The lowest BCUT2D eigenvalue weighted by Crippen LogP contribution is -2.46. The van der Waals surface area contributed by atoms with Crippen molar-refractivity contribution in [3.8, 4) is 11.3 Å². The van der Waals surface area contributed by atoms with Crippen LogP contribution >= 0.6 is 23.1 Å². The number of hydrogen-bond acceptors (Lipinski definition) is 7. The summed E-state index contributed by atoms with van der Waals surface area (Å²) in [4.78, 5) is 28.1. The number of fused-ring (bicyclic) bond motifs is 3. The first kappa shape index (κ1) is 18.9. The molecule has 29 heavy (non-hydrogen) atoms. The van der Waals surface area contributed by atoms with Crippen LogP contribution in [-0.2, 0) is 18.4 Å². The van der Waals surface area contributed by atoms with Crippen molar-refractivity contribution in [2.75, 3.05) is 31.5 Å². The van der Waals surface area contributed by atoms with Crippen molar-refractivity contribution in [3.05, 3.63) is 46.3 Å². The predicted molar refractivity (Wildman–Crippen MR) is 122 cm³/mol. The van der Waals surface area contributed by atoms with Crippen LogP contribution in [0.4, 0.5) is 11.6 Å². The minimum atomic E-state index is 0.124. The standard InChI is InChI=1S/C20H19N5OS3/c26-19(25-6-4-21-5-7-25)15-9-14-17(29-15)11-28-16-10-22-20(24-18(14)16)23-12-2-1-3-13(27)8-12/h1-3,8-10,21,27H,4-7,11H2,(H,22,23,24)/p+1. The molecule has 2 aromatic heterocycles. The van der Waals surface area contributed by atoms with Crippen molar-refractivity contribution < 1.29 is 4.79 Å². The Balaban J connectivity index is 1.45. The van der Waals surface area contributed by atoms with Crippen LogP contribution in [0.15, 0.2) is 46.3 Å². The first-order valence-corrected chi connectivity index (χ1v) is 11.7. The largest absolute Gasteiger partial charge is 0.335 e. The molecular formula is C20H20N5OS3+. The number of carbonyl (C=O) groups excluding carboxylic acids is 1. The number of rotatable bonds is 3. The number of nitrogens with zero attached hydrogens (tertiary/aromatic N) is 3. The van der Waals surface area contributed by atoms with Crippen molar-refractivity contribution in [2.45, 2.75) is 15.5 Å². The van der Waals surface area contributed by atoms with Gasteiger partial charge in [-0.1, -0.05) is 6.07 Å². The molecule has 0 saturated carbocycles. The Hall–Kier alpha value is -2.07. The van der Waals surface area contributed by atoms with E-state index in [9.17, 15) is 4.79 Å². The lowest BCUT2D eigenvalue weighted by Gasteiger charge is -2.26. The zero-order chi connectivity index (χ0) is 19.8. The van der Waals surface area contributed by atoms with E-state index in [1.807, 2.05) is 41.4 Å². The van der Waals surface area contributed by atoms with Gasteiger partial charge in [0.05, 0.1) is 15.5 Å². The molecule has 1 amide bonds. The highest BCUT2D eigenvalue weighted by molar-refractivity contribution is 7.98. The molecule has 4 heterocycles. The Morgan fingerprint density at radius 3 is 2.93 bits per heavy atom. The number of thiophene rings is 1. The second kappa shape index (κ2) is 7.98. The smallest absolute Gasteiger partial charge is 0.264 e. The van der Waals surface area contributed by atoms with Crippen molar-refractivity contribution >= 4 is 53.3 Å². The van der Waals surface area contributed by atoms with Gasteiger partial charge in [0.15, 0.2) is 4.90 Å². The number of thioether (sulfide) groups is 1. The van der Waals surface area contributed by atoms with Gasteiger partial charge in [0.2, 0.25) is 5.95 Å².